The largest absolute Gasteiger partial charge is 0.478 e. The molecule has 1 aliphatic carbocycles. The quantitative estimate of drug-likeness (QED) is 0.117. The molecule has 0 saturated heterocycles. The molecule has 0 fully saturated rings. The molecule has 5 aromatic rings. The molecule has 2 aromatic heterocycles. The molecule has 0 spiro atoms. The second-order valence-corrected chi connectivity index (χ2v) is 10.9. The lowest BCUT2D eigenvalue weighted by molar-refractivity contribution is 0.0695. The van der Waals surface area contributed by atoms with Crippen LogP contribution in [0.15, 0.2) is 58.3 Å². The van der Waals surface area contributed by atoms with E-state index in [1.807, 2.05) is 0 Å². The number of amides is 3. The Kier molecular flexibility index (Phi) is 7.68. The number of primary amides is 1. The predicted octanol–water partition coefficient (Wildman–Crippen LogP) is 0.803. The Balaban J connectivity index is 1.22. The molecule has 0 unspecified atom stereocenters. The molecule has 15 nitrogen and oxygen atoms in total. The SMILES string of the molecule is NC(=O)c1cnn2c(C(=O)N[C@H]3CCc4cc(C(=O)O)ccc43)cc(C(=O)NCc3ccc(F)c(CNc4c(N)c(=O)c4=O)c3)nc12. The van der Waals surface area contributed by atoms with Gasteiger partial charge in [-0.3, -0.25) is 24.0 Å². The molecular formula is C31H25FN8O7. The smallest absolute Gasteiger partial charge is 0.335 e. The first-order valence-corrected chi connectivity index (χ1v) is 14.2. The molecule has 2 heterocycles. The standard InChI is InChI=1S/C31H25FN8O7/c32-19-5-1-13(7-16(19)11-35-24-23(33)25(41)26(24)42)10-36-29(44)21-9-22(40-28(38-21)18(12-37-40)27(34)43)30(45)39-20-6-3-14-8-15(31(46)47)2-4-17(14)20/h1-2,4-5,7-9,12,20,35H,3,6,10-11,33H2,(H2,34,43)(H,36,44)(H,39,45)(H,46,47)/t20-/m0/s1. The summed E-state index contributed by atoms with van der Waals surface area (Å²) in [6.07, 6.45) is 2.18. The Bertz CT molecular complexity index is 2220. The third kappa shape index (κ3) is 5.63. The zero-order chi connectivity index (χ0) is 33.6. The van der Waals surface area contributed by atoms with Crippen molar-refractivity contribution in [1.82, 2.24) is 25.2 Å². The lowest BCUT2D eigenvalue weighted by Gasteiger charge is -2.15. The number of carbonyl (C=O) groups is 4. The van der Waals surface area contributed by atoms with E-state index < -0.39 is 46.4 Å². The second kappa shape index (κ2) is 11.8. The maximum atomic E-state index is 14.5. The molecule has 8 N–H and O–H groups in total. The molecule has 0 aliphatic heterocycles. The summed E-state index contributed by atoms with van der Waals surface area (Å²) in [6, 6.07) is 9.46. The van der Waals surface area contributed by atoms with E-state index in [1.54, 1.807) is 12.1 Å². The lowest BCUT2D eigenvalue weighted by Crippen LogP contribution is -2.37. The minimum absolute atomic E-state index is 0.0888. The highest BCUT2D eigenvalue weighted by Crippen LogP contribution is 2.32. The third-order valence-corrected chi connectivity index (χ3v) is 7.94. The van der Waals surface area contributed by atoms with E-state index >= 15 is 0 Å². The molecule has 47 heavy (non-hydrogen) atoms. The first kappa shape index (κ1) is 30.6. The monoisotopic (exact) mass is 640 g/mol. The van der Waals surface area contributed by atoms with Gasteiger partial charge in [0.05, 0.1) is 17.8 Å². The van der Waals surface area contributed by atoms with Crippen molar-refractivity contribution in [3.8, 4) is 0 Å². The van der Waals surface area contributed by atoms with Gasteiger partial charge in [0, 0.05) is 24.7 Å². The van der Waals surface area contributed by atoms with Gasteiger partial charge in [-0.25, -0.2) is 18.7 Å². The Morgan fingerprint density at radius 1 is 1.02 bits per heavy atom. The molecule has 16 heteroatoms. The summed E-state index contributed by atoms with van der Waals surface area (Å²) in [4.78, 5) is 77.5. The van der Waals surface area contributed by atoms with Crippen molar-refractivity contribution >= 4 is 40.7 Å². The summed E-state index contributed by atoms with van der Waals surface area (Å²) in [6.45, 7) is -0.245. The van der Waals surface area contributed by atoms with E-state index in [0.29, 0.717) is 18.4 Å². The van der Waals surface area contributed by atoms with Gasteiger partial charge in [-0.2, -0.15) is 5.10 Å². The Morgan fingerprint density at radius 3 is 2.53 bits per heavy atom. The van der Waals surface area contributed by atoms with Gasteiger partial charge in [-0.1, -0.05) is 12.1 Å². The van der Waals surface area contributed by atoms with Crippen molar-refractivity contribution in [3.05, 3.63) is 120 Å². The summed E-state index contributed by atoms with van der Waals surface area (Å²) in [5.41, 5.74) is 10.8. The number of nitrogen functional groups attached to an aromatic ring is 1. The van der Waals surface area contributed by atoms with E-state index in [2.05, 4.69) is 26.0 Å². The van der Waals surface area contributed by atoms with Crippen LogP contribution < -0.4 is 38.3 Å². The number of rotatable bonds is 10. The van der Waals surface area contributed by atoms with Crippen LogP contribution in [0.25, 0.3) is 5.65 Å². The molecule has 3 aromatic carbocycles. The van der Waals surface area contributed by atoms with Gasteiger partial charge in [0.2, 0.25) is 0 Å². The third-order valence-electron chi connectivity index (χ3n) is 7.94. The normalized spacial score (nSPS) is 13.8. The van der Waals surface area contributed by atoms with Crippen molar-refractivity contribution < 1.29 is 28.7 Å². The van der Waals surface area contributed by atoms with Crippen LogP contribution in [-0.4, -0.2) is 43.4 Å². The number of anilines is 2. The zero-order valence-corrected chi connectivity index (χ0v) is 24.3. The van der Waals surface area contributed by atoms with E-state index in [4.69, 9.17) is 11.5 Å². The van der Waals surface area contributed by atoms with Gasteiger partial charge in [0.15, 0.2) is 5.65 Å². The summed E-state index contributed by atoms with van der Waals surface area (Å²) in [5, 5.41) is 21.6. The molecule has 3 amide bonds. The average molecular weight is 641 g/mol. The zero-order valence-electron chi connectivity index (χ0n) is 24.3. The van der Waals surface area contributed by atoms with Gasteiger partial charge in [-0.15, -0.1) is 0 Å². The molecule has 1 atom stereocenters. The maximum Gasteiger partial charge on any atom is 0.335 e. The molecular weight excluding hydrogens is 615 g/mol. The first-order chi connectivity index (χ1) is 22.4. The van der Waals surface area contributed by atoms with Gasteiger partial charge < -0.3 is 32.5 Å². The number of hydrogen-bond acceptors (Lipinski definition) is 10. The van der Waals surface area contributed by atoms with Gasteiger partial charge in [0.25, 0.3) is 28.6 Å². The Hall–Kier alpha value is -6.45. The molecule has 0 radical (unpaired) electrons. The van der Waals surface area contributed by atoms with Gasteiger partial charge in [-0.05, 0) is 53.8 Å². The lowest BCUT2D eigenvalue weighted by atomic mass is 10.0. The van der Waals surface area contributed by atoms with Crippen LogP contribution in [0.2, 0.25) is 0 Å². The number of benzene rings is 2. The summed E-state index contributed by atoms with van der Waals surface area (Å²) in [7, 11) is 0. The number of hydrogen-bond donors (Lipinski definition) is 6. The minimum Gasteiger partial charge on any atom is -0.478 e. The fraction of sp³-hybridized carbons (Fsp3) is 0.161. The summed E-state index contributed by atoms with van der Waals surface area (Å²) in [5.74, 6) is -3.90. The summed E-state index contributed by atoms with van der Waals surface area (Å²) >= 11 is 0. The number of carbonyl (C=O) groups excluding carboxylic acids is 3. The van der Waals surface area contributed by atoms with Crippen molar-refractivity contribution in [3.63, 3.8) is 0 Å². The number of carboxylic acid groups (broad SMARTS) is 1. The molecule has 0 saturated carbocycles. The van der Waals surface area contributed by atoms with Crippen molar-refractivity contribution in [2.45, 2.75) is 32.0 Å². The van der Waals surface area contributed by atoms with Gasteiger partial charge in [0.1, 0.15) is 34.1 Å². The topological polar surface area (TPSA) is 241 Å². The van der Waals surface area contributed by atoms with E-state index in [9.17, 15) is 38.3 Å². The Labute approximate surface area is 263 Å². The number of nitrogens with one attached hydrogen (secondary N) is 3. The molecule has 6 rings (SSSR count). The number of aromatic nitrogens is 3. The number of halogens is 1. The van der Waals surface area contributed by atoms with Crippen molar-refractivity contribution in [1.29, 1.82) is 0 Å². The average Bonchev–Trinajstić information content (AvgIpc) is 3.68. The summed E-state index contributed by atoms with van der Waals surface area (Å²) < 4.78 is 15.5. The molecule has 0 bridgehead atoms. The van der Waals surface area contributed by atoms with Crippen LogP contribution in [0.4, 0.5) is 15.8 Å². The van der Waals surface area contributed by atoms with Crippen LogP contribution in [-0.2, 0) is 19.5 Å². The van der Waals surface area contributed by atoms with Crippen molar-refractivity contribution in [2.24, 2.45) is 5.73 Å². The number of aromatic carboxylic acids is 1. The van der Waals surface area contributed by atoms with Crippen LogP contribution >= 0.6 is 0 Å². The van der Waals surface area contributed by atoms with Gasteiger partial charge >= 0.3 is 5.97 Å². The van der Waals surface area contributed by atoms with E-state index in [0.717, 1.165) is 21.8 Å². The van der Waals surface area contributed by atoms with Crippen LogP contribution in [0.3, 0.4) is 0 Å². The number of nitrogens with two attached hydrogens (primary N) is 2. The van der Waals surface area contributed by atoms with Crippen LogP contribution in [0, 0.1) is 5.82 Å². The van der Waals surface area contributed by atoms with E-state index in [1.165, 1.54) is 30.3 Å². The highest BCUT2D eigenvalue weighted by atomic mass is 19.1. The second-order valence-electron chi connectivity index (χ2n) is 10.9. The first-order valence-electron chi connectivity index (χ1n) is 14.2. The molecule has 1 aliphatic rings. The van der Waals surface area contributed by atoms with Crippen LogP contribution in [0.5, 0.6) is 0 Å². The maximum absolute atomic E-state index is 14.5. The highest BCUT2D eigenvalue weighted by Gasteiger charge is 2.28. The number of aryl methyl sites for hydroxylation is 1. The van der Waals surface area contributed by atoms with Crippen LogP contribution in [0.1, 0.15) is 76.4 Å². The minimum atomic E-state index is -1.06. The van der Waals surface area contributed by atoms with Crippen molar-refractivity contribution in [2.75, 3.05) is 11.1 Å². The fourth-order valence-corrected chi connectivity index (χ4v) is 5.46. The predicted molar refractivity (Wildman–Crippen MR) is 164 cm³/mol. The molecule has 238 valence electrons. The number of fused-ring (bicyclic) bond motifs is 2. The Morgan fingerprint density at radius 2 is 1.81 bits per heavy atom. The van der Waals surface area contributed by atoms with E-state index in [-0.39, 0.29) is 58.2 Å². The number of nitrogens with zero attached hydrogens (tertiary/aromatic N) is 3. The number of carboxylic acids is 1. The fourth-order valence-electron chi connectivity index (χ4n) is 5.46. The highest BCUT2D eigenvalue weighted by molar-refractivity contribution is 6.02.